The predicted octanol–water partition coefficient (Wildman–Crippen LogP) is 5.89. The average Bonchev–Trinajstić information content (AvgIpc) is 3.20. The molecule has 0 bridgehead atoms. The second kappa shape index (κ2) is 13.1. The fraction of sp³-hybridized carbons (Fsp3) is 0.321. The van der Waals surface area contributed by atoms with Gasteiger partial charge < -0.3 is 18.9 Å². The molecule has 4 rings (SSSR count). The number of aromatic nitrogens is 1. The van der Waals surface area contributed by atoms with Crippen molar-refractivity contribution in [1.82, 2.24) is 4.57 Å². The van der Waals surface area contributed by atoms with Gasteiger partial charge in [-0.25, -0.2) is 9.79 Å². The van der Waals surface area contributed by atoms with E-state index < -0.39 is 12.0 Å². The zero-order valence-corrected chi connectivity index (χ0v) is 28.0. The summed E-state index contributed by atoms with van der Waals surface area (Å²) in [5.74, 6) is 1.09. The van der Waals surface area contributed by atoms with E-state index >= 15 is 0 Å². The Labute approximate surface area is 260 Å². The molecule has 40 heavy (non-hydrogen) atoms. The molecule has 0 fully saturated rings. The maximum atomic E-state index is 14.1. The lowest BCUT2D eigenvalue weighted by molar-refractivity contribution is -0.139. The maximum Gasteiger partial charge on any atom is 0.338 e. The van der Waals surface area contributed by atoms with Gasteiger partial charge in [0.25, 0.3) is 5.56 Å². The van der Waals surface area contributed by atoms with Gasteiger partial charge in [0.2, 0.25) is 0 Å². The van der Waals surface area contributed by atoms with E-state index in [-0.39, 0.29) is 17.7 Å². The average molecular weight is 759 g/mol. The van der Waals surface area contributed by atoms with Gasteiger partial charge in [0.15, 0.2) is 16.3 Å². The highest BCUT2D eigenvalue weighted by Gasteiger charge is 2.35. The maximum absolute atomic E-state index is 14.1. The van der Waals surface area contributed by atoms with Crippen LogP contribution in [0, 0.1) is 0 Å². The summed E-state index contributed by atoms with van der Waals surface area (Å²) in [5, 5.41) is 0. The number of methoxy groups -OCH3 is 1. The van der Waals surface area contributed by atoms with E-state index in [4.69, 9.17) is 18.9 Å². The standard InChI is InChI=1S/C28H27Br3N2O6S/c1-6-37-21-13-18(30)17(12-20(21)36-5)24-23(27(35)39-8-3)14(4)32-28-33(24)26(34)22(40-28)10-15-9-16(29)11-19(31)25(15)38-7-2/h9-13,24H,6-8H2,1-5H3/b22-10+/t24-/m0/s1. The molecule has 1 aromatic heterocycles. The first-order valence-corrected chi connectivity index (χ1v) is 15.7. The van der Waals surface area contributed by atoms with Gasteiger partial charge in [-0.2, -0.15) is 0 Å². The number of fused-ring (bicyclic) bond motifs is 1. The van der Waals surface area contributed by atoms with Crippen molar-refractivity contribution in [1.29, 1.82) is 0 Å². The topological polar surface area (TPSA) is 88.4 Å². The van der Waals surface area contributed by atoms with Gasteiger partial charge in [0.05, 0.1) is 53.2 Å². The fourth-order valence-electron chi connectivity index (χ4n) is 4.40. The Morgan fingerprint density at radius 2 is 1.75 bits per heavy atom. The molecular weight excluding hydrogens is 732 g/mol. The number of halogens is 3. The normalized spacial score (nSPS) is 15.0. The molecule has 0 unspecified atom stereocenters. The number of carbonyl (C=O) groups excluding carboxylic acids is 1. The van der Waals surface area contributed by atoms with Crippen LogP contribution in [0.15, 0.2) is 58.7 Å². The number of allylic oxidation sites excluding steroid dienone is 1. The van der Waals surface area contributed by atoms with E-state index in [9.17, 15) is 9.59 Å². The summed E-state index contributed by atoms with van der Waals surface area (Å²) in [4.78, 5) is 32.5. The zero-order chi connectivity index (χ0) is 29.1. The van der Waals surface area contributed by atoms with Crippen LogP contribution < -0.4 is 29.1 Å². The van der Waals surface area contributed by atoms with Crippen LogP contribution in [0.5, 0.6) is 17.2 Å². The molecule has 1 aliphatic rings. The summed E-state index contributed by atoms with van der Waals surface area (Å²) in [6.07, 6.45) is 1.78. The first kappa shape index (κ1) is 30.5. The Morgan fingerprint density at radius 1 is 1.02 bits per heavy atom. The van der Waals surface area contributed by atoms with Gasteiger partial charge in [-0.3, -0.25) is 9.36 Å². The molecular formula is C28H27Br3N2O6S. The summed E-state index contributed by atoms with van der Waals surface area (Å²) in [5.41, 5.74) is 1.78. The molecule has 0 radical (unpaired) electrons. The van der Waals surface area contributed by atoms with Crippen LogP contribution in [0.2, 0.25) is 0 Å². The number of esters is 1. The van der Waals surface area contributed by atoms with Crippen LogP contribution in [0.3, 0.4) is 0 Å². The third-order valence-electron chi connectivity index (χ3n) is 6.01. The number of hydrogen-bond acceptors (Lipinski definition) is 8. The molecule has 0 N–H and O–H groups in total. The molecule has 2 heterocycles. The molecule has 212 valence electrons. The molecule has 0 saturated heterocycles. The molecule has 1 atom stereocenters. The van der Waals surface area contributed by atoms with Crippen molar-refractivity contribution in [2.45, 2.75) is 33.7 Å². The van der Waals surface area contributed by atoms with E-state index in [1.807, 2.05) is 26.0 Å². The summed E-state index contributed by atoms with van der Waals surface area (Å²) in [6.45, 7) is 8.34. The van der Waals surface area contributed by atoms with Gasteiger partial charge in [-0.1, -0.05) is 43.2 Å². The first-order valence-electron chi connectivity index (χ1n) is 12.5. The first-order chi connectivity index (χ1) is 19.1. The van der Waals surface area contributed by atoms with Crippen molar-refractivity contribution >= 4 is 71.2 Å². The largest absolute Gasteiger partial charge is 0.493 e. The summed E-state index contributed by atoms with van der Waals surface area (Å²) in [7, 11) is 1.54. The quantitative estimate of drug-likeness (QED) is 0.253. The smallest absolute Gasteiger partial charge is 0.338 e. The van der Waals surface area contributed by atoms with Crippen molar-refractivity contribution in [3.05, 3.63) is 79.8 Å². The Morgan fingerprint density at radius 3 is 2.40 bits per heavy atom. The minimum Gasteiger partial charge on any atom is -0.493 e. The molecule has 3 aromatic rings. The van der Waals surface area contributed by atoms with Crippen molar-refractivity contribution < 1.29 is 23.7 Å². The molecule has 1 aliphatic heterocycles. The van der Waals surface area contributed by atoms with Crippen LogP contribution in [-0.2, 0) is 9.53 Å². The van der Waals surface area contributed by atoms with Crippen LogP contribution in [0.1, 0.15) is 44.9 Å². The minimum absolute atomic E-state index is 0.179. The Hall–Kier alpha value is -2.41. The lowest BCUT2D eigenvalue weighted by Crippen LogP contribution is -2.40. The summed E-state index contributed by atoms with van der Waals surface area (Å²) in [6, 6.07) is 6.49. The van der Waals surface area contributed by atoms with Gasteiger partial charge in [0.1, 0.15) is 5.75 Å². The van der Waals surface area contributed by atoms with Crippen molar-refractivity contribution in [2.24, 2.45) is 4.99 Å². The highest BCUT2D eigenvalue weighted by atomic mass is 79.9. The van der Waals surface area contributed by atoms with E-state index in [2.05, 4.69) is 52.8 Å². The molecule has 0 aliphatic carbocycles. The van der Waals surface area contributed by atoms with E-state index in [0.29, 0.717) is 55.5 Å². The zero-order valence-electron chi connectivity index (χ0n) is 22.5. The number of ether oxygens (including phenoxy) is 4. The van der Waals surface area contributed by atoms with Gasteiger partial charge >= 0.3 is 5.97 Å². The lowest BCUT2D eigenvalue weighted by Gasteiger charge is -2.26. The van der Waals surface area contributed by atoms with E-state index in [1.54, 1.807) is 39.2 Å². The molecule has 0 spiro atoms. The molecule has 8 nitrogen and oxygen atoms in total. The van der Waals surface area contributed by atoms with Crippen LogP contribution in [-0.4, -0.2) is 37.5 Å². The Kier molecular flexibility index (Phi) is 9.97. The third-order valence-corrected chi connectivity index (χ3v) is 8.72. The second-order valence-corrected chi connectivity index (χ2v) is 12.1. The van der Waals surface area contributed by atoms with Gasteiger partial charge in [0, 0.05) is 14.5 Å². The number of carbonyl (C=O) groups is 1. The SMILES string of the molecule is CCOC(=O)C1=C(C)N=c2s/c(=C/c3cc(Br)cc(Br)c3OCC)c(=O)n2[C@H]1c1cc(OC)c(OCC)cc1Br. The highest BCUT2D eigenvalue weighted by Crippen LogP contribution is 2.41. The van der Waals surface area contributed by atoms with E-state index in [0.717, 1.165) is 14.5 Å². The lowest BCUT2D eigenvalue weighted by atomic mass is 9.95. The third kappa shape index (κ3) is 5.95. The molecule has 2 aromatic carbocycles. The molecule has 12 heteroatoms. The van der Waals surface area contributed by atoms with Crippen molar-refractivity contribution in [3.63, 3.8) is 0 Å². The summed E-state index contributed by atoms with van der Waals surface area (Å²) < 4.78 is 26.8. The molecule has 0 amide bonds. The Balaban J connectivity index is 2.02. The second-order valence-electron chi connectivity index (χ2n) is 8.50. The number of benzene rings is 2. The van der Waals surface area contributed by atoms with Crippen LogP contribution >= 0.6 is 59.1 Å². The van der Waals surface area contributed by atoms with Crippen LogP contribution in [0.25, 0.3) is 6.08 Å². The van der Waals surface area contributed by atoms with Gasteiger partial charge in [-0.05, 0) is 79.5 Å². The summed E-state index contributed by atoms with van der Waals surface area (Å²) >= 11 is 12.0. The number of thiazole rings is 1. The fourth-order valence-corrected chi connectivity index (χ4v) is 7.35. The van der Waals surface area contributed by atoms with Gasteiger partial charge in [-0.15, -0.1) is 0 Å². The number of hydrogen-bond donors (Lipinski definition) is 0. The minimum atomic E-state index is -0.822. The van der Waals surface area contributed by atoms with E-state index in [1.165, 1.54) is 15.9 Å². The molecule has 0 saturated carbocycles. The number of nitrogens with zero attached hydrogens (tertiary/aromatic N) is 2. The predicted molar refractivity (Wildman–Crippen MR) is 165 cm³/mol. The highest BCUT2D eigenvalue weighted by molar-refractivity contribution is 9.11. The monoisotopic (exact) mass is 756 g/mol. The van der Waals surface area contributed by atoms with Crippen molar-refractivity contribution in [3.8, 4) is 17.2 Å². The Bertz CT molecular complexity index is 1680. The van der Waals surface area contributed by atoms with Crippen molar-refractivity contribution in [2.75, 3.05) is 26.9 Å². The van der Waals surface area contributed by atoms with Crippen LogP contribution in [0.4, 0.5) is 0 Å². The number of rotatable bonds is 9.